The lowest BCUT2D eigenvalue weighted by Gasteiger charge is -2.20. The van der Waals surface area contributed by atoms with Crippen molar-refractivity contribution in [2.75, 3.05) is 18.5 Å². The monoisotopic (exact) mass is 220 g/mol. The normalized spacial score (nSPS) is 16.7. The molecule has 0 aromatic carbocycles. The van der Waals surface area contributed by atoms with Gasteiger partial charge in [-0.3, -0.25) is 9.89 Å². The molecule has 2 rings (SSSR count). The lowest BCUT2D eigenvalue weighted by molar-refractivity contribution is -0.122. The second-order valence-corrected chi connectivity index (χ2v) is 3.65. The average Bonchev–Trinajstić information content (AvgIpc) is 2.77. The number of H-pyrrole nitrogens is 1. The summed E-state index contributed by atoms with van der Waals surface area (Å²) in [7, 11) is 0. The Morgan fingerprint density at radius 3 is 3.06 bits per heavy atom. The first-order valence-corrected chi connectivity index (χ1v) is 5.13. The highest BCUT2D eigenvalue weighted by atomic mass is 16.5. The Labute approximate surface area is 92.6 Å². The van der Waals surface area contributed by atoms with Gasteiger partial charge in [0.2, 0.25) is 5.91 Å². The van der Waals surface area contributed by atoms with Crippen LogP contribution in [0.15, 0.2) is 6.20 Å². The molecule has 0 bridgehead atoms. The molecule has 1 saturated heterocycles. The fourth-order valence-electron chi connectivity index (χ4n) is 1.65. The highest BCUT2D eigenvalue weighted by Gasteiger charge is 2.22. The topological polar surface area (TPSA) is 90.8 Å². The molecule has 2 heterocycles. The second kappa shape index (κ2) is 4.77. The summed E-state index contributed by atoms with van der Waals surface area (Å²) < 4.78 is 5.18. The fourth-order valence-corrected chi connectivity index (χ4v) is 1.65. The minimum atomic E-state index is -0.0796. The van der Waals surface area contributed by atoms with Crippen LogP contribution in [-0.2, 0) is 9.53 Å². The third-order valence-corrected chi connectivity index (χ3v) is 2.60. The van der Waals surface area contributed by atoms with Gasteiger partial charge in [0.25, 0.3) is 0 Å². The van der Waals surface area contributed by atoms with Crippen molar-refractivity contribution in [3.8, 4) is 6.07 Å². The van der Waals surface area contributed by atoms with E-state index < -0.39 is 0 Å². The van der Waals surface area contributed by atoms with Crippen molar-refractivity contribution in [1.29, 1.82) is 5.26 Å². The SMILES string of the molecule is N#Cc1cn[nH]c1NC(=O)C1CCOCC1. The van der Waals surface area contributed by atoms with Gasteiger partial charge in [-0.1, -0.05) is 0 Å². The summed E-state index contributed by atoms with van der Waals surface area (Å²) in [5, 5.41) is 17.7. The Bertz CT molecular complexity index is 415. The van der Waals surface area contributed by atoms with E-state index in [2.05, 4.69) is 15.5 Å². The number of nitriles is 1. The molecule has 1 aliphatic rings. The Kier molecular flexibility index (Phi) is 3.17. The molecule has 1 aromatic rings. The molecule has 6 nitrogen and oxygen atoms in total. The largest absolute Gasteiger partial charge is 0.381 e. The van der Waals surface area contributed by atoms with Crippen LogP contribution in [0.5, 0.6) is 0 Å². The molecule has 1 fully saturated rings. The van der Waals surface area contributed by atoms with Gasteiger partial charge < -0.3 is 10.1 Å². The van der Waals surface area contributed by atoms with Crippen molar-refractivity contribution in [1.82, 2.24) is 10.2 Å². The molecule has 0 aliphatic carbocycles. The van der Waals surface area contributed by atoms with Gasteiger partial charge in [-0.2, -0.15) is 10.4 Å². The minimum absolute atomic E-state index is 0.0383. The summed E-state index contributed by atoms with van der Waals surface area (Å²) in [4.78, 5) is 11.8. The van der Waals surface area contributed by atoms with Crippen molar-refractivity contribution in [3.05, 3.63) is 11.8 Å². The standard InChI is InChI=1S/C10H12N4O2/c11-5-8-6-12-14-9(8)13-10(15)7-1-3-16-4-2-7/h6-7H,1-4H2,(H2,12,13,14,15). The summed E-state index contributed by atoms with van der Waals surface area (Å²) in [5.74, 6) is 0.256. The number of amides is 1. The van der Waals surface area contributed by atoms with E-state index in [-0.39, 0.29) is 11.8 Å². The molecule has 84 valence electrons. The molecule has 16 heavy (non-hydrogen) atoms. The van der Waals surface area contributed by atoms with Gasteiger partial charge in [0, 0.05) is 19.1 Å². The first kappa shape index (κ1) is 10.6. The van der Waals surface area contributed by atoms with Gasteiger partial charge in [0.05, 0.1) is 6.20 Å². The van der Waals surface area contributed by atoms with Crippen LogP contribution < -0.4 is 5.32 Å². The number of rotatable bonds is 2. The third kappa shape index (κ3) is 2.20. The summed E-state index contributed by atoms with van der Waals surface area (Å²) in [6.07, 6.45) is 2.84. The number of hydrogen-bond acceptors (Lipinski definition) is 4. The Hall–Kier alpha value is -1.87. The zero-order valence-electron chi connectivity index (χ0n) is 8.69. The molecule has 1 amide bonds. The summed E-state index contributed by atoms with van der Waals surface area (Å²) in [6.45, 7) is 1.23. The van der Waals surface area contributed by atoms with Crippen LogP contribution in [-0.4, -0.2) is 29.3 Å². The summed E-state index contributed by atoms with van der Waals surface area (Å²) in [5.41, 5.74) is 0.348. The number of nitrogens with one attached hydrogen (secondary N) is 2. The molecule has 2 N–H and O–H groups in total. The summed E-state index contributed by atoms with van der Waals surface area (Å²) in [6, 6.07) is 1.95. The predicted octanol–water partition coefficient (Wildman–Crippen LogP) is 0.646. The quantitative estimate of drug-likeness (QED) is 0.765. The van der Waals surface area contributed by atoms with Crippen LogP contribution in [0.25, 0.3) is 0 Å². The van der Waals surface area contributed by atoms with E-state index in [4.69, 9.17) is 10.00 Å². The number of anilines is 1. The van der Waals surface area contributed by atoms with E-state index in [9.17, 15) is 4.79 Å². The number of carbonyl (C=O) groups excluding carboxylic acids is 1. The van der Waals surface area contributed by atoms with Gasteiger partial charge in [-0.25, -0.2) is 0 Å². The van der Waals surface area contributed by atoms with Crippen LogP contribution >= 0.6 is 0 Å². The molecule has 0 unspecified atom stereocenters. The van der Waals surface area contributed by atoms with Gasteiger partial charge in [0.1, 0.15) is 17.5 Å². The number of aromatic nitrogens is 2. The zero-order valence-corrected chi connectivity index (χ0v) is 8.69. The third-order valence-electron chi connectivity index (χ3n) is 2.60. The van der Waals surface area contributed by atoms with Crippen LogP contribution in [0, 0.1) is 17.2 Å². The number of nitrogens with zero attached hydrogens (tertiary/aromatic N) is 2. The lowest BCUT2D eigenvalue weighted by atomic mass is 9.99. The predicted molar refractivity (Wildman–Crippen MR) is 55.5 cm³/mol. The van der Waals surface area contributed by atoms with Crippen LogP contribution in [0.2, 0.25) is 0 Å². The highest BCUT2D eigenvalue weighted by molar-refractivity contribution is 5.92. The van der Waals surface area contributed by atoms with Crippen molar-refractivity contribution >= 4 is 11.7 Å². The Morgan fingerprint density at radius 2 is 2.38 bits per heavy atom. The molecule has 0 radical (unpaired) electrons. The summed E-state index contributed by atoms with van der Waals surface area (Å²) >= 11 is 0. The minimum Gasteiger partial charge on any atom is -0.381 e. The lowest BCUT2D eigenvalue weighted by Crippen LogP contribution is -2.28. The van der Waals surface area contributed by atoms with Crippen molar-refractivity contribution < 1.29 is 9.53 Å². The maximum atomic E-state index is 11.8. The van der Waals surface area contributed by atoms with Gasteiger partial charge >= 0.3 is 0 Å². The molecular weight excluding hydrogens is 208 g/mol. The molecule has 1 aromatic heterocycles. The second-order valence-electron chi connectivity index (χ2n) is 3.65. The molecule has 0 saturated carbocycles. The highest BCUT2D eigenvalue weighted by Crippen LogP contribution is 2.17. The maximum Gasteiger partial charge on any atom is 0.228 e. The van der Waals surface area contributed by atoms with Crippen molar-refractivity contribution in [3.63, 3.8) is 0 Å². The Morgan fingerprint density at radius 1 is 1.62 bits per heavy atom. The fraction of sp³-hybridized carbons (Fsp3) is 0.500. The van der Waals surface area contributed by atoms with Gasteiger partial charge in [-0.15, -0.1) is 0 Å². The van der Waals surface area contributed by atoms with E-state index in [0.717, 1.165) is 12.8 Å². The van der Waals surface area contributed by atoms with E-state index >= 15 is 0 Å². The first-order valence-electron chi connectivity index (χ1n) is 5.13. The van der Waals surface area contributed by atoms with E-state index in [1.165, 1.54) is 6.20 Å². The molecule has 1 aliphatic heterocycles. The number of hydrogen-bond donors (Lipinski definition) is 2. The van der Waals surface area contributed by atoms with Crippen molar-refractivity contribution in [2.24, 2.45) is 5.92 Å². The van der Waals surface area contributed by atoms with E-state index in [0.29, 0.717) is 24.6 Å². The van der Waals surface area contributed by atoms with Gasteiger partial charge in [-0.05, 0) is 12.8 Å². The molecule has 0 atom stereocenters. The van der Waals surface area contributed by atoms with E-state index in [1.807, 2.05) is 6.07 Å². The molecule has 0 spiro atoms. The van der Waals surface area contributed by atoms with Crippen LogP contribution in [0.3, 0.4) is 0 Å². The smallest absolute Gasteiger partial charge is 0.228 e. The number of aromatic amines is 1. The van der Waals surface area contributed by atoms with E-state index in [1.54, 1.807) is 0 Å². The van der Waals surface area contributed by atoms with Crippen LogP contribution in [0.1, 0.15) is 18.4 Å². The first-order chi connectivity index (χ1) is 7.81. The Balaban J connectivity index is 1.99. The molecular formula is C10H12N4O2. The molecule has 6 heteroatoms. The number of ether oxygens (including phenoxy) is 1. The van der Waals surface area contributed by atoms with Crippen molar-refractivity contribution in [2.45, 2.75) is 12.8 Å². The maximum absolute atomic E-state index is 11.8. The number of carbonyl (C=O) groups is 1. The van der Waals surface area contributed by atoms with Crippen LogP contribution in [0.4, 0.5) is 5.82 Å². The zero-order chi connectivity index (χ0) is 11.4. The van der Waals surface area contributed by atoms with Gasteiger partial charge in [0.15, 0.2) is 0 Å². The average molecular weight is 220 g/mol.